The number of Topliss-reactive ketones (excluding diaryl/α,β-unsaturated/α-hetero) is 1. The van der Waals surface area contributed by atoms with E-state index in [2.05, 4.69) is 28.9 Å². The monoisotopic (exact) mass is 530 g/mol. The van der Waals surface area contributed by atoms with Crippen LogP contribution in [0.5, 0.6) is 0 Å². The zero-order valence-electron chi connectivity index (χ0n) is 23.5. The molecular weight excluding hydrogens is 491 g/mol. The number of halogens is 1. The molecule has 0 saturated heterocycles. The summed E-state index contributed by atoms with van der Waals surface area (Å²) >= 11 is 0. The quantitative estimate of drug-likeness (QED) is 0.179. The first kappa shape index (κ1) is 29.7. The van der Waals surface area contributed by atoms with E-state index in [1.54, 1.807) is 35.4 Å². The van der Waals surface area contributed by atoms with Crippen molar-refractivity contribution in [2.45, 2.75) is 78.7 Å². The topological polar surface area (TPSA) is 76.9 Å². The molecule has 0 aliphatic rings. The SMILES string of the molecule is C=C(CC)CC=C(C(=O)NC(CCC)c1cncc(CC(=O)CCC)c1)c1cnn(-c2ccc(F)cc2)c1C. The van der Waals surface area contributed by atoms with Crippen LogP contribution in [0.1, 0.15) is 87.7 Å². The largest absolute Gasteiger partial charge is 0.345 e. The number of hydrogen-bond donors (Lipinski definition) is 1. The lowest BCUT2D eigenvalue weighted by Gasteiger charge is -2.20. The van der Waals surface area contributed by atoms with Crippen molar-refractivity contribution < 1.29 is 14.0 Å². The zero-order valence-corrected chi connectivity index (χ0v) is 23.5. The van der Waals surface area contributed by atoms with E-state index in [9.17, 15) is 14.0 Å². The number of nitrogens with one attached hydrogen (secondary N) is 1. The van der Waals surface area contributed by atoms with Crippen LogP contribution in [0.3, 0.4) is 0 Å². The molecule has 6 nitrogen and oxygen atoms in total. The van der Waals surface area contributed by atoms with E-state index in [0.717, 1.165) is 48.1 Å². The van der Waals surface area contributed by atoms with Crippen molar-refractivity contribution >= 4 is 17.3 Å². The number of ketones is 1. The molecule has 7 heteroatoms. The molecule has 3 rings (SSSR count). The van der Waals surface area contributed by atoms with E-state index in [1.807, 2.05) is 32.9 Å². The second kappa shape index (κ2) is 14.3. The molecule has 0 bridgehead atoms. The van der Waals surface area contributed by atoms with Crippen molar-refractivity contribution in [1.29, 1.82) is 0 Å². The third-order valence-corrected chi connectivity index (χ3v) is 6.74. The Morgan fingerprint density at radius 1 is 1.10 bits per heavy atom. The Morgan fingerprint density at radius 3 is 2.51 bits per heavy atom. The van der Waals surface area contributed by atoms with Crippen LogP contribution in [-0.2, 0) is 16.0 Å². The highest BCUT2D eigenvalue weighted by molar-refractivity contribution is 6.20. The van der Waals surface area contributed by atoms with Crippen LogP contribution < -0.4 is 5.32 Å². The Balaban J connectivity index is 1.93. The summed E-state index contributed by atoms with van der Waals surface area (Å²) in [7, 11) is 0. The maximum Gasteiger partial charge on any atom is 0.252 e. The molecule has 39 heavy (non-hydrogen) atoms. The van der Waals surface area contributed by atoms with Crippen LogP contribution >= 0.6 is 0 Å². The normalized spacial score (nSPS) is 12.3. The summed E-state index contributed by atoms with van der Waals surface area (Å²) in [6, 6.07) is 7.80. The molecule has 0 fully saturated rings. The van der Waals surface area contributed by atoms with Crippen LogP contribution in [0.2, 0.25) is 0 Å². The van der Waals surface area contributed by atoms with Crippen LogP contribution in [0, 0.1) is 12.7 Å². The number of carbonyl (C=O) groups excluding carboxylic acids is 2. The summed E-state index contributed by atoms with van der Waals surface area (Å²) in [5.41, 5.74) is 5.45. The molecule has 0 aliphatic carbocycles. The molecule has 1 unspecified atom stereocenters. The number of carbonyl (C=O) groups is 2. The molecule has 0 aliphatic heterocycles. The first-order valence-electron chi connectivity index (χ1n) is 13.7. The van der Waals surface area contributed by atoms with E-state index >= 15 is 0 Å². The maximum absolute atomic E-state index is 13.8. The van der Waals surface area contributed by atoms with Crippen LogP contribution in [0.15, 0.2) is 67.2 Å². The number of amides is 1. The van der Waals surface area contributed by atoms with Gasteiger partial charge in [0.05, 0.1) is 17.9 Å². The Bertz CT molecular complexity index is 1320. The van der Waals surface area contributed by atoms with Gasteiger partial charge in [0.15, 0.2) is 0 Å². The molecular formula is C32H39FN4O2. The summed E-state index contributed by atoms with van der Waals surface area (Å²) in [4.78, 5) is 30.4. The lowest BCUT2D eigenvalue weighted by Crippen LogP contribution is -2.29. The molecule has 1 aromatic carbocycles. The van der Waals surface area contributed by atoms with Gasteiger partial charge >= 0.3 is 0 Å². The number of nitrogens with zero attached hydrogens (tertiary/aromatic N) is 3. The molecule has 0 radical (unpaired) electrons. The van der Waals surface area contributed by atoms with Gasteiger partial charge in [0, 0.05) is 42.1 Å². The highest BCUT2D eigenvalue weighted by Gasteiger charge is 2.22. The first-order valence-corrected chi connectivity index (χ1v) is 13.7. The van der Waals surface area contributed by atoms with Gasteiger partial charge in [-0.25, -0.2) is 9.07 Å². The van der Waals surface area contributed by atoms with Gasteiger partial charge < -0.3 is 5.32 Å². The maximum atomic E-state index is 13.8. The molecule has 0 saturated carbocycles. The fraction of sp³-hybridized carbons (Fsp3) is 0.375. The summed E-state index contributed by atoms with van der Waals surface area (Å²) < 4.78 is 15.2. The lowest BCUT2D eigenvalue weighted by atomic mass is 9.98. The van der Waals surface area contributed by atoms with Crippen molar-refractivity contribution in [2.75, 3.05) is 0 Å². The Kier molecular flexibility index (Phi) is 10.9. The fourth-order valence-corrected chi connectivity index (χ4v) is 4.47. The zero-order chi connectivity index (χ0) is 28.4. The van der Waals surface area contributed by atoms with Crippen molar-refractivity contribution in [1.82, 2.24) is 20.1 Å². The average Bonchev–Trinajstić information content (AvgIpc) is 3.29. The molecule has 2 heterocycles. The minimum Gasteiger partial charge on any atom is -0.345 e. The summed E-state index contributed by atoms with van der Waals surface area (Å²) in [5, 5.41) is 7.72. The third-order valence-electron chi connectivity index (χ3n) is 6.74. The molecule has 2 aromatic heterocycles. The Hall–Kier alpha value is -3.87. The number of aromatic nitrogens is 3. The van der Waals surface area contributed by atoms with E-state index < -0.39 is 0 Å². The highest BCUT2D eigenvalue weighted by atomic mass is 19.1. The lowest BCUT2D eigenvalue weighted by molar-refractivity contribution is -0.118. The van der Waals surface area contributed by atoms with Crippen molar-refractivity contribution in [3.8, 4) is 5.69 Å². The van der Waals surface area contributed by atoms with Gasteiger partial charge in [-0.3, -0.25) is 14.6 Å². The second-order valence-corrected chi connectivity index (χ2v) is 9.86. The average molecular weight is 531 g/mol. The molecule has 1 atom stereocenters. The van der Waals surface area contributed by atoms with Gasteiger partial charge in [-0.15, -0.1) is 0 Å². The predicted molar refractivity (Wildman–Crippen MR) is 154 cm³/mol. The van der Waals surface area contributed by atoms with Crippen molar-refractivity contribution in [3.05, 3.63) is 95.4 Å². The number of pyridine rings is 1. The molecule has 206 valence electrons. The van der Waals surface area contributed by atoms with Crippen LogP contribution in [-0.4, -0.2) is 26.5 Å². The summed E-state index contributed by atoms with van der Waals surface area (Å²) in [6.45, 7) is 12.1. The van der Waals surface area contributed by atoms with Crippen LogP contribution in [0.25, 0.3) is 11.3 Å². The molecule has 1 amide bonds. The van der Waals surface area contributed by atoms with Crippen molar-refractivity contribution in [3.63, 3.8) is 0 Å². The minimum atomic E-state index is -0.322. The fourth-order valence-electron chi connectivity index (χ4n) is 4.47. The smallest absolute Gasteiger partial charge is 0.252 e. The van der Waals surface area contributed by atoms with E-state index in [1.165, 1.54) is 12.1 Å². The Labute approximate surface area is 231 Å². The van der Waals surface area contributed by atoms with Crippen LogP contribution in [0.4, 0.5) is 4.39 Å². The van der Waals surface area contributed by atoms with Gasteiger partial charge in [-0.2, -0.15) is 5.10 Å². The molecule has 1 N–H and O–H groups in total. The Morgan fingerprint density at radius 2 is 1.85 bits per heavy atom. The third kappa shape index (κ3) is 8.06. The van der Waals surface area contributed by atoms with Gasteiger partial charge in [0.25, 0.3) is 5.91 Å². The van der Waals surface area contributed by atoms with E-state index in [-0.39, 0.29) is 23.5 Å². The van der Waals surface area contributed by atoms with Gasteiger partial charge in [-0.05, 0) is 68.0 Å². The van der Waals surface area contributed by atoms with E-state index in [0.29, 0.717) is 36.1 Å². The minimum absolute atomic E-state index is 0.183. The molecule has 0 spiro atoms. The van der Waals surface area contributed by atoms with Gasteiger partial charge in [0.2, 0.25) is 0 Å². The molecule has 3 aromatic rings. The van der Waals surface area contributed by atoms with Crippen molar-refractivity contribution in [2.24, 2.45) is 0 Å². The van der Waals surface area contributed by atoms with E-state index in [4.69, 9.17) is 0 Å². The van der Waals surface area contributed by atoms with Gasteiger partial charge in [0.1, 0.15) is 11.6 Å². The summed E-state index contributed by atoms with van der Waals surface area (Å²) in [6.07, 6.45) is 11.7. The second-order valence-electron chi connectivity index (χ2n) is 9.86. The first-order chi connectivity index (χ1) is 18.8. The summed E-state index contributed by atoms with van der Waals surface area (Å²) in [5.74, 6) is -0.355. The van der Waals surface area contributed by atoms with Gasteiger partial charge in [-0.1, -0.05) is 51.5 Å². The predicted octanol–water partition coefficient (Wildman–Crippen LogP) is 7.02. The highest BCUT2D eigenvalue weighted by Crippen LogP contribution is 2.26. The number of benzene rings is 1. The number of hydrogen-bond acceptors (Lipinski definition) is 4. The standard InChI is InChI=1S/C32H39FN4O2/c1-6-9-28(38)18-24-17-25(20-34-19-24)31(10-7-2)36-32(39)29(16-11-22(4)8-3)30-21-35-37(23(30)5)27-14-12-26(33)13-15-27/h12-17,19-21,31H,4,6-11,18H2,1-3,5H3,(H,36,39). The number of allylic oxidation sites excluding steroid dienone is 2. The number of rotatable bonds is 14.